The highest BCUT2D eigenvalue weighted by Gasteiger charge is 2.40. The van der Waals surface area contributed by atoms with Gasteiger partial charge in [-0.25, -0.2) is 8.42 Å². The van der Waals surface area contributed by atoms with Crippen molar-refractivity contribution in [3.05, 3.63) is 0 Å². The third-order valence-electron chi connectivity index (χ3n) is 5.26. The first kappa shape index (κ1) is 14.8. The Bertz CT molecular complexity index is 545. The van der Waals surface area contributed by atoms with Gasteiger partial charge in [-0.1, -0.05) is 6.42 Å². The lowest BCUT2D eigenvalue weighted by molar-refractivity contribution is -0.131. The maximum Gasteiger partial charge on any atom is 0.242 e. The maximum atomic E-state index is 11.9. The minimum absolute atomic E-state index is 0.0597. The van der Waals surface area contributed by atoms with E-state index >= 15 is 0 Å². The second kappa shape index (κ2) is 5.59. The van der Waals surface area contributed by atoms with Crippen LogP contribution in [-0.2, 0) is 19.4 Å². The fourth-order valence-corrected chi connectivity index (χ4v) is 5.89. The van der Waals surface area contributed by atoms with Gasteiger partial charge in [0.1, 0.15) is 0 Å². The van der Waals surface area contributed by atoms with E-state index in [-0.39, 0.29) is 17.4 Å². The highest BCUT2D eigenvalue weighted by Crippen LogP contribution is 2.49. The Labute approximate surface area is 124 Å². The number of hydrogen-bond acceptors (Lipinski definition) is 4. The van der Waals surface area contributed by atoms with Crippen LogP contribution in [0.2, 0.25) is 0 Å². The summed E-state index contributed by atoms with van der Waals surface area (Å²) in [4.78, 5) is 23.7. The van der Waals surface area contributed by atoms with Gasteiger partial charge >= 0.3 is 0 Å². The first-order chi connectivity index (χ1) is 9.93. The molecule has 7 heteroatoms. The van der Waals surface area contributed by atoms with E-state index in [4.69, 9.17) is 0 Å². The zero-order valence-electron chi connectivity index (χ0n) is 12.0. The number of nitrogens with one attached hydrogen (secondary N) is 2. The van der Waals surface area contributed by atoms with Gasteiger partial charge in [-0.2, -0.15) is 0 Å². The van der Waals surface area contributed by atoms with E-state index in [2.05, 4.69) is 10.9 Å². The van der Waals surface area contributed by atoms with E-state index < -0.39 is 21.7 Å². The highest BCUT2D eigenvalue weighted by atomic mass is 32.2. The van der Waals surface area contributed by atoms with Crippen molar-refractivity contribution in [3.8, 4) is 0 Å². The Hall–Kier alpha value is -1.11. The number of carbonyl (C=O) groups is 2. The molecule has 21 heavy (non-hydrogen) atoms. The summed E-state index contributed by atoms with van der Waals surface area (Å²) in [7, 11) is -3.08. The Morgan fingerprint density at radius 1 is 1.05 bits per heavy atom. The molecule has 0 aromatic heterocycles. The molecule has 0 unspecified atom stereocenters. The number of hydrogen-bond donors (Lipinski definition) is 2. The zero-order valence-corrected chi connectivity index (χ0v) is 12.8. The van der Waals surface area contributed by atoms with Gasteiger partial charge in [0.25, 0.3) is 0 Å². The molecule has 4 atom stereocenters. The van der Waals surface area contributed by atoms with E-state index in [1.807, 2.05) is 0 Å². The van der Waals surface area contributed by atoms with Crippen molar-refractivity contribution in [1.82, 2.24) is 10.9 Å². The fourth-order valence-electron chi connectivity index (χ4n) is 4.15. The third kappa shape index (κ3) is 3.39. The predicted octanol–water partition coefficient (Wildman–Crippen LogP) is 0.395. The van der Waals surface area contributed by atoms with Crippen molar-refractivity contribution in [1.29, 1.82) is 0 Å². The van der Waals surface area contributed by atoms with E-state index in [9.17, 15) is 18.0 Å². The molecule has 3 aliphatic rings. The first-order valence-electron chi connectivity index (χ1n) is 7.72. The van der Waals surface area contributed by atoms with Gasteiger partial charge in [-0.3, -0.25) is 20.4 Å². The number of fused-ring (bicyclic) bond motifs is 2. The van der Waals surface area contributed by atoms with Gasteiger partial charge in [-0.15, -0.1) is 0 Å². The first-order valence-corrected chi connectivity index (χ1v) is 9.54. The van der Waals surface area contributed by atoms with Crippen LogP contribution in [0.25, 0.3) is 0 Å². The summed E-state index contributed by atoms with van der Waals surface area (Å²) >= 11 is 0. The molecule has 3 fully saturated rings. The number of sulfone groups is 1. The molecule has 1 aliphatic heterocycles. The van der Waals surface area contributed by atoms with Crippen LogP contribution in [0.4, 0.5) is 0 Å². The maximum absolute atomic E-state index is 11.9. The topological polar surface area (TPSA) is 92.3 Å². The smallest absolute Gasteiger partial charge is 0.242 e. The standard InChI is InChI=1S/C14H22N2O4S/c17-13(7-12-6-9-1-2-10(12)5-9)15-16-14(18)11-3-4-21(19,20)8-11/h9-12H,1-8H2,(H,15,17)(H,16,18)/t9-,10+,11+,12+/m0/s1. The van der Waals surface area contributed by atoms with E-state index in [0.29, 0.717) is 24.7 Å². The molecule has 1 saturated heterocycles. The molecular formula is C14H22N2O4S. The summed E-state index contributed by atoms with van der Waals surface area (Å²) < 4.78 is 22.6. The van der Waals surface area contributed by atoms with Gasteiger partial charge in [0.2, 0.25) is 11.8 Å². The predicted molar refractivity (Wildman–Crippen MR) is 76.6 cm³/mol. The zero-order chi connectivity index (χ0) is 15.0. The number of rotatable bonds is 3. The Morgan fingerprint density at radius 2 is 1.86 bits per heavy atom. The van der Waals surface area contributed by atoms with Gasteiger partial charge in [0.05, 0.1) is 17.4 Å². The van der Waals surface area contributed by atoms with Gasteiger partial charge in [0, 0.05) is 6.42 Å². The van der Waals surface area contributed by atoms with Gasteiger partial charge in [-0.05, 0) is 43.4 Å². The Kier molecular flexibility index (Phi) is 3.94. The number of hydrazine groups is 1. The Morgan fingerprint density at radius 3 is 2.43 bits per heavy atom. The van der Waals surface area contributed by atoms with Crippen molar-refractivity contribution < 1.29 is 18.0 Å². The highest BCUT2D eigenvalue weighted by molar-refractivity contribution is 7.91. The average molecular weight is 314 g/mol. The minimum atomic E-state index is -3.08. The largest absolute Gasteiger partial charge is 0.273 e. The van der Waals surface area contributed by atoms with Crippen LogP contribution in [0, 0.1) is 23.7 Å². The Balaban J connectivity index is 1.41. The molecule has 6 nitrogen and oxygen atoms in total. The van der Waals surface area contributed by atoms with Crippen LogP contribution >= 0.6 is 0 Å². The second-order valence-corrected chi connectivity index (χ2v) is 9.01. The van der Waals surface area contributed by atoms with Crippen LogP contribution in [0.3, 0.4) is 0 Å². The second-order valence-electron chi connectivity index (χ2n) is 6.78. The van der Waals surface area contributed by atoms with Gasteiger partial charge < -0.3 is 0 Å². The van der Waals surface area contributed by atoms with Crippen molar-refractivity contribution in [2.24, 2.45) is 23.7 Å². The number of carbonyl (C=O) groups excluding carboxylic acids is 2. The molecule has 2 amide bonds. The average Bonchev–Trinajstić information content (AvgIpc) is 3.11. The molecular weight excluding hydrogens is 292 g/mol. The molecule has 0 aromatic carbocycles. The molecule has 118 valence electrons. The van der Waals surface area contributed by atoms with E-state index in [1.54, 1.807) is 0 Å². The van der Waals surface area contributed by atoms with Crippen LogP contribution in [-0.4, -0.2) is 31.7 Å². The molecule has 2 saturated carbocycles. The lowest BCUT2D eigenvalue weighted by Gasteiger charge is -2.21. The molecule has 1 heterocycles. The molecule has 0 radical (unpaired) electrons. The monoisotopic (exact) mass is 314 g/mol. The van der Waals surface area contributed by atoms with Gasteiger partial charge in [0.15, 0.2) is 9.84 Å². The third-order valence-corrected chi connectivity index (χ3v) is 7.03. The molecule has 2 aliphatic carbocycles. The summed E-state index contributed by atoms with van der Waals surface area (Å²) in [5.74, 6) is 0.789. The summed E-state index contributed by atoms with van der Waals surface area (Å²) in [5.41, 5.74) is 4.82. The summed E-state index contributed by atoms with van der Waals surface area (Å²) in [5, 5.41) is 0. The normalized spacial score (nSPS) is 36.6. The van der Waals surface area contributed by atoms with E-state index in [0.717, 1.165) is 12.3 Å². The van der Waals surface area contributed by atoms with Crippen LogP contribution in [0.1, 0.15) is 38.5 Å². The van der Waals surface area contributed by atoms with Crippen LogP contribution < -0.4 is 10.9 Å². The molecule has 2 N–H and O–H groups in total. The summed E-state index contributed by atoms with van der Waals surface area (Å²) in [6.45, 7) is 0. The van der Waals surface area contributed by atoms with Crippen molar-refractivity contribution in [2.75, 3.05) is 11.5 Å². The number of amides is 2. The van der Waals surface area contributed by atoms with E-state index in [1.165, 1.54) is 19.3 Å². The SMILES string of the molecule is O=C(C[C@H]1C[C@H]2CC[C@@H]1C2)NNC(=O)[C@@H]1CCS(=O)(=O)C1. The molecule has 3 rings (SSSR count). The molecule has 0 aromatic rings. The van der Waals surface area contributed by atoms with Crippen molar-refractivity contribution in [3.63, 3.8) is 0 Å². The fraction of sp³-hybridized carbons (Fsp3) is 0.857. The summed E-state index contributed by atoms with van der Waals surface area (Å²) in [6, 6.07) is 0. The minimum Gasteiger partial charge on any atom is -0.273 e. The quantitative estimate of drug-likeness (QED) is 0.737. The summed E-state index contributed by atoms with van der Waals surface area (Å²) in [6.07, 6.45) is 5.72. The molecule has 0 spiro atoms. The van der Waals surface area contributed by atoms with Crippen molar-refractivity contribution in [2.45, 2.75) is 38.5 Å². The lowest BCUT2D eigenvalue weighted by Crippen LogP contribution is -2.45. The van der Waals surface area contributed by atoms with Crippen LogP contribution in [0.5, 0.6) is 0 Å². The lowest BCUT2D eigenvalue weighted by atomic mass is 9.86. The van der Waals surface area contributed by atoms with Crippen LogP contribution in [0.15, 0.2) is 0 Å². The van der Waals surface area contributed by atoms with Crippen molar-refractivity contribution >= 4 is 21.7 Å². The molecule has 2 bridgehead atoms.